The van der Waals surface area contributed by atoms with Gasteiger partial charge in [-0.2, -0.15) is 4.31 Å². The molecule has 126 valence electrons. The lowest BCUT2D eigenvalue weighted by Gasteiger charge is -2.21. The van der Waals surface area contributed by atoms with E-state index in [9.17, 15) is 13.2 Å². The van der Waals surface area contributed by atoms with Gasteiger partial charge in [0.2, 0.25) is 10.0 Å². The number of carboxylic acids is 1. The third-order valence-corrected chi connectivity index (χ3v) is 5.34. The second kappa shape index (κ2) is 6.29. The number of aromatic nitrogens is 2. The average molecular weight is 347 g/mol. The fourth-order valence-electron chi connectivity index (χ4n) is 2.90. The van der Waals surface area contributed by atoms with Gasteiger partial charge < -0.3 is 5.11 Å². The molecule has 1 fully saturated rings. The van der Waals surface area contributed by atoms with Gasteiger partial charge >= 0.3 is 5.97 Å². The quantitative estimate of drug-likeness (QED) is 0.907. The Hall–Kier alpha value is -2.32. The third-order valence-electron chi connectivity index (χ3n) is 4.05. The summed E-state index contributed by atoms with van der Waals surface area (Å²) in [6, 6.07) is 6.04. The Bertz CT molecular complexity index is 865. The van der Waals surface area contributed by atoms with Gasteiger partial charge in [-0.25, -0.2) is 18.2 Å². The van der Waals surface area contributed by atoms with Gasteiger partial charge in [-0.3, -0.25) is 4.98 Å². The van der Waals surface area contributed by atoms with E-state index in [4.69, 9.17) is 5.11 Å². The molecular weight excluding hydrogens is 330 g/mol. The molecule has 0 unspecified atom stereocenters. The second-order valence-electron chi connectivity index (χ2n) is 5.74. The van der Waals surface area contributed by atoms with Gasteiger partial charge in [0, 0.05) is 12.1 Å². The zero-order valence-electron chi connectivity index (χ0n) is 13.1. The molecule has 1 atom stereocenters. The van der Waals surface area contributed by atoms with Crippen LogP contribution < -0.4 is 0 Å². The molecule has 1 aliphatic rings. The standard InChI is InChI=1S/C16H17N3O4S/c1-24(22,23)19-8-2-3-15(19)14-10-17-9-13(18-14)11-4-6-12(7-5-11)16(20)21/h4-7,9-10,15H,2-3,8H2,1H3,(H,20,21)/t15-/m1/s1. The molecule has 24 heavy (non-hydrogen) atoms. The van der Waals surface area contributed by atoms with E-state index in [1.54, 1.807) is 24.5 Å². The summed E-state index contributed by atoms with van der Waals surface area (Å²) < 4.78 is 25.2. The van der Waals surface area contributed by atoms with Crippen molar-refractivity contribution in [3.63, 3.8) is 0 Å². The van der Waals surface area contributed by atoms with Gasteiger partial charge in [-0.1, -0.05) is 12.1 Å². The van der Waals surface area contributed by atoms with Gasteiger partial charge in [0.05, 0.1) is 41.6 Å². The Morgan fingerprint density at radius 1 is 1.25 bits per heavy atom. The maximum atomic E-state index is 11.9. The summed E-state index contributed by atoms with van der Waals surface area (Å²) in [6.45, 7) is 0.489. The lowest BCUT2D eigenvalue weighted by atomic mass is 10.1. The fraction of sp³-hybridized carbons (Fsp3) is 0.312. The normalized spacial score (nSPS) is 18.6. The van der Waals surface area contributed by atoms with Crippen molar-refractivity contribution in [3.8, 4) is 11.3 Å². The van der Waals surface area contributed by atoms with E-state index in [2.05, 4.69) is 9.97 Å². The fourth-order valence-corrected chi connectivity index (χ4v) is 4.03. The van der Waals surface area contributed by atoms with Crippen molar-refractivity contribution in [3.05, 3.63) is 47.9 Å². The number of sulfonamides is 1. The monoisotopic (exact) mass is 347 g/mol. The molecule has 2 aromatic rings. The summed E-state index contributed by atoms with van der Waals surface area (Å²) in [6.07, 6.45) is 5.87. The van der Waals surface area contributed by atoms with Crippen LogP contribution in [0, 0.1) is 0 Å². The first-order valence-corrected chi connectivity index (χ1v) is 9.33. The zero-order valence-corrected chi connectivity index (χ0v) is 13.9. The van der Waals surface area contributed by atoms with Crippen LogP contribution in [0.2, 0.25) is 0 Å². The Morgan fingerprint density at radius 3 is 2.58 bits per heavy atom. The zero-order chi connectivity index (χ0) is 17.3. The average Bonchev–Trinajstić information content (AvgIpc) is 3.05. The predicted octanol–water partition coefficient (Wildman–Crippen LogP) is 1.94. The molecule has 0 bridgehead atoms. The molecule has 2 heterocycles. The Balaban J connectivity index is 1.93. The molecule has 7 nitrogen and oxygen atoms in total. The molecule has 1 aromatic carbocycles. The van der Waals surface area contributed by atoms with E-state index in [0.29, 0.717) is 24.4 Å². The number of rotatable bonds is 4. The summed E-state index contributed by atoms with van der Waals surface area (Å²) in [4.78, 5) is 19.6. The van der Waals surface area contributed by atoms with Crippen LogP contribution >= 0.6 is 0 Å². The highest BCUT2D eigenvalue weighted by atomic mass is 32.2. The Morgan fingerprint density at radius 2 is 1.96 bits per heavy atom. The number of aromatic carboxylic acids is 1. The summed E-state index contributed by atoms with van der Waals surface area (Å²) in [7, 11) is -3.29. The molecule has 8 heteroatoms. The van der Waals surface area contributed by atoms with E-state index in [1.807, 2.05) is 0 Å². The number of hydrogen-bond acceptors (Lipinski definition) is 5. The van der Waals surface area contributed by atoms with E-state index < -0.39 is 16.0 Å². The van der Waals surface area contributed by atoms with Crippen LogP contribution in [0.15, 0.2) is 36.7 Å². The second-order valence-corrected chi connectivity index (χ2v) is 7.68. The van der Waals surface area contributed by atoms with Crippen LogP contribution in [-0.2, 0) is 10.0 Å². The SMILES string of the molecule is CS(=O)(=O)N1CCC[C@@H]1c1cncc(-c2ccc(C(=O)O)cc2)n1. The smallest absolute Gasteiger partial charge is 0.335 e. The lowest BCUT2D eigenvalue weighted by molar-refractivity contribution is 0.0697. The van der Waals surface area contributed by atoms with Crippen molar-refractivity contribution >= 4 is 16.0 Å². The van der Waals surface area contributed by atoms with Gasteiger partial charge in [0.25, 0.3) is 0 Å². The van der Waals surface area contributed by atoms with E-state index >= 15 is 0 Å². The molecule has 1 aromatic heterocycles. The minimum atomic E-state index is -3.29. The molecule has 0 spiro atoms. The summed E-state index contributed by atoms with van der Waals surface area (Å²) in [5.74, 6) is -0.990. The molecule has 0 aliphatic carbocycles. The van der Waals surface area contributed by atoms with Gasteiger partial charge in [0.15, 0.2) is 0 Å². The maximum Gasteiger partial charge on any atom is 0.335 e. The number of nitrogens with zero attached hydrogens (tertiary/aromatic N) is 3. The van der Waals surface area contributed by atoms with E-state index in [-0.39, 0.29) is 11.6 Å². The van der Waals surface area contributed by atoms with Crippen molar-refractivity contribution in [2.45, 2.75) is 18.9 Å². The molecular formula is C16H17N3O4S. The minimum Gasteiger partial charge on any atom is -0.478 e. The first-order chi connectivity index (χ1) is 11.4. The maximum absolute atomic E-state index is 11.9. The molecule has 3 rings (SSSR count). The number of carbonyl (C=O) groups is 1. The summed E-state index contributed by atoms with van der Waals surface area (Å²) in [5.41, 5.74) is 2.13. The Kier molecular flexibility index (Phi) is 4.33. The molecule has 1 saturated heterocycles. The van der Waals surface area contributed by atoms with Crippen molar-refractivity contribution in [2.24, 2.45) is 0 Å². The summed E-state index contributed by atoms with van der Waals surface area (Å²) >= 11 is 0. The van der Waals surface area contributed by atoms with Crippen molar-refractivity contribution in [1.82, 2.24) is 14.3 Å². The first-order valence-electron chi connectivity index (χ1n) is 7.49. The molecule has 1 N–H and O–H groups in total. The highest BCUT2D eigenvalue weighted by molar-refractivity contribution is 7.88. The van der Waals surface area contributed by atoms with Crippen LogP contribution in [0.3, 0.4) is 0 Å². The van der Waals surface area contributed by atoms with Gasteiger partial charge in [-0.05, 0) is 25.0 Å². The van der Waals surface area contributed by atoms with E-state index in [0.717, 1.165) is 12.0 Å². The first kappa shape index (κ1) is 16.5. The van der Waals surface area contributed by atoms with Crippen LogP contribution in [-0.4, -0.2) is 46.6 Å². The Labute approximate surface area is 140 Å². The largest absolute Gasteiger partial charge is 0.478 e. The highest BCUT2D eigenvalue weighted by Crippen LogP contribution is 2.33. The van der Waals surface area contributed by atoms with Gasteiger partial charge in [-0.15, -0.1) is 0 Å². The van der Waals surface area contributed by atoms with Crippen molar-refractivity contribution in [2.75, 3.05) is 12.8 Å². The third kappa shape index (κ3) is 3.29. The van der Waals surface area contributed by atoms with Crippen molar-refractivity contribution < 1.29 is 18.3 Å². The van der Waals surface area contributed by atoms with Crippen LogP contribution in [0.1, 0.15) is 34.9 Å². The van der Waals surface area contributed by atoms with E-state index in [1.165, 1.54) is 22.7 Å². The molecule has 0 radical (unpaired) electrons. The van der Waals surface area contributed by atoms with Crippen LogP contribution in [0.5, 0.6) is 0 Å². The van der Waals surface area contributed by atoms with Crippen LogP contribution in [0.4, 0.5) is 0 Å². The minimum absolute atomic E-state index is 0.196. The predicted molar refractivity (Wildman–Crippen MR) is 88.0 cm³/mol. The molecule has 1 aliphatic heterocycles. The topological polar surface area (TPSA) is 100 Å². The number of hydrogen-bond donors (Lipinski definition) is 1. The number of carboxylic acid groups (broad SMARTS) is 1. The lowest BCUT2D eigenvalue weighted by Crippen LogP contribution is -2.30. The van der Waals surface area contributed by atoms with Crippen LogP contribution in [0.25, 0.3) is 11.3 Å². The molecule has 0 amide bonds. The molecule has 0 saturated carbocycles. The number of benzene rings is 1. The van der Waals surface area contributed by atoms with Gasteiger partial charge in [0.1, 0.15) is 0 Å². The highest BCUT2D eigenvalue weighted by Gasteiger charge is 2.33. The summed E-state index contributed by atoms with van der Waals surface area (Å²) in [5, 5.41) is 8.95. The van der Waals surface area contributed by atoms with Crippen molar-refractivity contribution in [1.29, 1.82) is 0 Å².